The van der Waals surface area contributed by atoms with Gasteiger partial charge in [0.05, 0.1) is 0 Å². The lowest BCUT2D eigenvalue weighted by Crippen LogP contribution is -2.31. The van der Waals surface area contributed by atoms with Crippen LogP contribution in [0.15, 0.2) is 24.3 Å². The quantitative estimate of drug-likeness (QED) is 0.752. The molecule has 0 heterocycles. The van der Waals surface area contributed by atoms with Crippen LogP contribution in [0.2, 0.25) is 5.02 Å². The molecular weight excluding hydrogens is 258 g/mol. The first kappa shape index (κ1) is 16.3. The number of nitrogens with zero attached hydrogens (tertiary/aromatic N) is 2. The Kier molecular flexibility index (Phi) is 7.87. The van der Waals surface area contributed by atoms with Crippen LogP contribution in [-0.2, 0) is 0 Å². The lowest BCUT2D eigenvalue weighted by Gasteiger charge is -2.21. The fraction of sp³-hybridized carbons (Fsp3) is 0.600. The highest BCUT2D eigenvalue weighted by molar-refractivity contribution is 6.30. The Bertz CT molecular complexity index is 338. The average molecular weight is 284 g/mol. The Balaban J connectivity index is 2.20. The molecule has 4 heteroatoms. The maximum absolute atomic E-state index is 5.86. The van der Waals surface area contributed by atoms with Gasteiger partial charge in [0.25, 0.3) is 0 Å². The monoisotopic (exact) mass is 283 g/mol. The highest BCUT2D eigenvalue weighted by Crippen LogP contribution is 2.12. The summed E-state index contributed by atoms with van der Waals surface area (Å²) in [6, 6.07) is 7.87. The number of likely N-dealkylation sites (N-methyl/N-ethyl adjacent to an activating group) is 1. The molecule has 0 fully saturated rings. The summed E-state index contributed by atoms with van der Waals surface area (Å²) < 4.78 is 0. The van der Waals surface area contributed by atoms with E-state index in [0.717, 1.165) is 43.4 Å². The van der Waals surface area contributed by atoms with Crippen molar-refractivity contribution in [3.05, 3.63) is 29.3 Å². The van der Waals surface area contributed by atoms with Crippen LogP contribution in [0.25, 0.3) is 0 Å². The van der Waals surface area contributed by atoms with Crippen LogP contribution in [0.1, 0.15) is 13.3 Å². The number of halogens is 1. The fourth-order valence-corrected chi connectivity index (χ4v) is 2.09. The van der Waals surface area contributed by atoms with Crippen molar-refractivity contribution in [1.29, 1.82) is 0 Å². The predicted octanol–water partition coefficient (Wildman–Crippen LogP) is 3.03. The van der Waals surface area contributed by atoms with Gasteiger partial charge in [-0.15, -0.1) is 0 Å². The van der Waals surface area contributed by atoms with Gasteiger partial charge in [-0.1, -0.05) is 18.5 Å². The third-order valence-electron chi connectivity index (χ3n) is 3.13. The van der Waals surface area contributed by atoms with E-state index in [4.69, 9.17) is 11.6 Å². The number of nitrogens with one attached hydrogen (secondary N) is 1. The van der Waals surface area contributed by atoms with Crippen molar-refractivity contribution < 1.29 is 0 Å². The molecule has 19 heavy (non-hydrogen) atoms. The first-order chi connectivity index (χ1) is 9.11. The zero-order valence-electron chi connectivity index (χ0n) is 12.3. The molecular formula is C15H26ClN3. The predicted molar refractivity (Wildman–Crippen MR) is 85.2 cm³/mol. The molecule has 0 aliphatic heterocycles. The third kappa shape index (κ3) is 7.41. The minimum Gasteiger partial charge on any atom is -0.384 e. The summed E-state index contributed by atoms with van der Waals surface area (Å²) in [5, 5.41) is 4.21. The van der Waals surface area contributed by atoms with Crippen LogP contribution in [0.5, 0.6) is 0 Å². The van der Waals surface area contributed by atoms with E-state index < -0.39 is 0 Å². The molecule has 0 saturated carbocycles. The Morgan fingerprint density at radius 2 is 1.74 bits per heavy atom. The summed E-state index contributed by atoms with van der Waals surface area (Å²) in [6.45, 7) is 7.69. The number of anilines is 1. The molecule has 0 aromatic heterocycles. The molecule has 0 saturated heterocycles. The Morgan fingerprint density at radius 3 is 2.32 bits per heavy atom. The molecule has 0 bridgehead atoms. The summed E-state index contributed by atoms with van der Waals surface area (Å²) in [7, 11) is 4.25. The molecule has 0 unspecified atom stereocenters. The van der Waals surface area contributed by atoms with Gasteiger partial charge in [-0.25, -0.2) is 0 Å². The van der Waals surface area contributed by atoms with Gasteiger partial charge in [-0.05, 0) is 64.4 Å². The van der Waals surface area contributed by atoms with E-state index in [2.05, 4.69) is 36.1 Å². The Morgan fingerprint density at radius 1 is 1.05 bits per heavy atom. The van der Waals surface area contributed by atoms with E-state index in [1.165, 1.54) is 6.42 Å². The summed E-state index contributed by atoms with van der Waals surface area (Å²) in [5.74, 6) is 0. The van der Waals surface area contributed by atoms with Crippen LogP contribution < -0.4 is 5.32 Å². The summed E-state index contributed by atoms with van der Waals surface area (Å²) >= 11 is 5.86. The normalized spacial score (nSPS) is 11.3. The van der Waals surface area contributed by atoms with E-state index in [1.54, 1.807) is 0 Å². The SMILES string of the molecule is CCN(CCCN(C)C)CCNc1ccc(Cl)cc1. The van der Waals surface area contributed by atoms with Gasteiger partial charge in [0, 0.05) is 23.8 Å². The lowest BCUT2D eigenvalue weighted by atomic mass is 10.3. The smallest absolute Gasteiger partial charge is 0.0407 e. The topological polar surface area (TPSA) is 18.5 Å². The number of hydrogen-bond acceptors (Lipinski definition) is 3. The van der Waals surface area contributed by atoms with E-state index in [0.29, 0.717) is 0 Å². The van der Waals surface area contributed by atoms with Gasteiger partial charge in [0.1, 0.15) is 0 Å². The first-order valence-electron chi connectivity index (χ1n) is 6.98. The second-order valence-electron chi connectivity index (χ2n) is 5.02. The summed E-state index contributed by atoms with van der Waals surface area (Å²) in [5.41, 5.74) is 1.13. The molecule has 1 N–H and O–H groups in total. The second kappa shape index (κ2) is 9.18. The van der Waals surface area contributed by atoms with Gasteiger partial charge in [-0.3, -0.25) is 0 Å². The fourth-order valence-electron chi connectivity index (χ4n) is 1.96. The van der Waals surface area contributed by atoms with Crippen molar-refractivity contribution in [3.63, 3.8) is 0 Å². The van der Waals surface area contributed by atoms with Gasteiger partial charge in [0.2, 0.25) is 0 Å². The second-order valence-corrected chi connectivity index (χ2v) is 5.46. The molecule has 0 amide bonds. The number of benzene rings is 1. The van der Waals surface area contributed by atoms with Crippen molar-refractivity contribution >= 4 is 17.3 Å². The molecule has 0 aliphatic rings. The molecule has 0 spiro atoms. The van der Waals surface area contributed by atoms with Crippen molar-refractivity contribution in [2.45, 2.75) is 13.3 Å². The molecule has 1 rings (SSSR count). The maximum Gasteiger partial charge on any atom is 0.0407 e. The largest absolute Gasteiger partial charge is 0.384 e. The molecule has 0 radical (unpaired) electrons. The molecule has 0 atom stereocenters. The summed E-state index contributed by atoms with van der Waals surface area (Å²) in [6.07, 6.45) is 1.22. The molecule has 0 aliphatic carbocycles. The van der Waals surface area contributed by atoms with Gasteiger partial charge < -0.3 is 15.1 Å². The maximum atomic E-state index is 5.86. The minimum atomic E-state index is 0.782. The first-order valence-corrected chi connectivity index (χ1v) is 7.36. The van der Waals surface area contributed by atoms with Gasteiger partial charge in [-0.2, -0.15) is 0 Å². The zero-order valence-corrected chi connectivity index (χ0v) is 13.1. The lowest BCUT2D eigenvalue weighted by molar-refractivity contribution is 0.275. The van der Waals surface area contributed by atoms with Crippen LogP contribution in [0, 0.1) is 0 Å². The molecule has 1 aromatic carbocycles. The Hall–Kier alpha value is -0.770. The molecule has 3 nitrogen and oxygen atoms in total. The van der Waals surface area contributed by atoms with Crippen molar-refractivity contribution in [3.8, 4) is 0 Å². The highest BCUT2D eigenvalue weighted by atomic mass is 35.5. The van der Waals surface area contributed by atoms with Gasteiger partial charge in [0.15, 0.2) is 0 Å². The minimum absolute atomic E-state index is 0.782. The standard InChI is InChI=1S/C15H26ClN3/c1-4-19(12-5-11-18(2)3)13-10-17-15-8-6-14(16)7-9-15/h6-9,17H,4-5,10-13H2,1-3H3. The van der Waals surface area contributed by atoms with Crippen LogP contribution in [0.4, 0.5) is 5.69 Å². The van der Waals surface area contributed by atoms with E-state index >= 15 is 0 Å². The van der Waals surface area contributed by atoms with Crippen LogP contribution in [0.3, 0.4) is 0 Å². The number of rotatable bonds is 9. The van der Waals surface area contributed by atoms with Crippen LogP contribution in [-0.4, -0.2) is 56.6 Å². The summed E-state index contributed by atoms with van der Waals surface area (Å²) in [4.78, 5) is 4.71. The third-order valence-corrected chi connectivity index (χ3v) is 3.38. The molecule has 1 aromatic rings. The van der Waals surface area contributed by atoms with E-state index in [9.17, 15) is 0 Å². The van der Waals surface area contributed by atoms with Crippen molar-refractivity contribution in [2.24, 2.45) is 0 Å². The van der Waals surface area contributed by atoms with E-state index in [-0.39, 0.29) is 0 Å². The number of hydrogen-bond donors (Lipinski definition) is 1. The zero-order chi connectivity index (χ0) is 14.1. The van der Waals surface area contributed by atoms with E-state index in [1.807, 2.05) is 24.3 Å². The van der Waals surface area contributed by atoms with Crippen molar-refractivity contribution in [2.75, 3.05) is 52.1 Å². The van der Waals surface area contributed by atoms with Crippen molar-refractivity contribution in [1.82, 2.24) is 9.80 Å². The Labute approximate surface area is 122 Å². The molecule has 108 valence electrons. The average Bonchev–Trinajstić information content (AvgIpc) is 2.39. The highest BCUT2D eigenvalue weighted by Gasteiger charge is 2.02. The van der Waals surface area contributed by atoms with Gasteiger partial charge >= 0.3 is 0 Å². The van der Waals surface area contributed by atoms with Crippen LogP contribution >= 0.6 is 11.6 Å².